The molecule has 0 aliphatic heterocycles. The zero-order chi connectivity index (χ0) is 26.5. The highest BCUT2D eigenvalue weighted by molar-refractivity contribution is 5.84. The SMILES string of the molecule is CCc1ncnc2c1c(O)cc(=O)n2O.CCc1ncnc2c1c(O)cc(=O)n2OCc1ccccc1. The first-order valence-corrected chi connectivity index (χ1v) is 11.4. The van der Waals surface area contributed by atoms with E-state index in [1.54, 1.807) is 0 Å². The van der Waals surface area contributed by atoms with Crippen LogP contribution in [0.1, 0.15) is 30.8 Å². The Balaban J connectivity index is 0.000000186. The zero-order valence-electron chi connectivity index (χ0n) is 20.1. The van der Waals surface area contributed by atoms with Crippen molar-refractivity contribution in [2.45, 2.75) is 33.3 Å². The van der Waals surface area contributed by atoms with Gasteiger partial charge in [-0.1, -0.05) is 44.2 Å². The van der Waals surface area contributed by atoms with Crippen LogP contribution in [0.2, 0.25) is 0 Å². The van der Waals surface area contributed by atoms with Gasteiger partial charge in [-0.15, -0.1) is 9.46 Å². The first kappa shape index (κ1) is 25.1. The van der Waals surface area contributed by atoms with E-state index in [9.17, 15) is 25.0 Å². The van der Waals surface area contributed by atoms with Crippen molar-refractivity contribution in [3.8, 4) is 11.5 Å². The molecule has 0 bridgehead atoms. The maximum atomic E-state index is 12.1. The fraction of sp³-hybridized carbons (Fsp3) is 0.200. The van der Waals surface area contributed by atoms with E-state index in [4.69, 9.17) is 4.84 Å². The molecule has 5 rings (SSSR count). The van der Waals surface area contributed by atoms with Gasteiger partial charge in [0.15, 0.2) is 11.3 Å². The number of fused-ring (bicyclic) bond motifs is 2. The lowest BCUT2D eigenvalue weighted by atomic mass is 10.2. The van der Waals surface area contributed by atoms with E-state index in [1.807, 2.05) is 44.2 Å². The van der Waals surface area contributed by atoms with Crippen LogP contribution >= 0.6 is 0 Å². The number of hydrogen-bond acceptors (Lipinski definition) is 10. The Hall–Kier alpha value is -5.00. The van der Waals surface area contributed by atoms with Gasteiger partial charge in [-0.25, -0.2) is 19.9 Å². The van der Waals surface area contributed by atoms with E-state index in [1.165, 1.54) is 12.7 Å². The highest BCUT2D eigenvalue weighted by Crippen LogP contribution is 2.24. The van der Waals surface area contributed by atoms with Crippen LogP contribution in [-0.2, 0) is 19.4 Å². The summed E-state index contributed by atoms with van der Waals surface area (Å²) in [4.78, 5) is 44.8. The summed E-state index contributed by atoms with van der Waals surface area (Å²) in [6.45, 7) is 4.00. The molecule has 4 aromatic heterocycles. The molecule has 12 heteroatoms. The summed E-state index contributed by atoms with van der Waals surface area (Å²) in [6.07, 6.45) is 3.80. The molecule has 12 nitrogen and oxygen atoms in total. The van der Waals surface area contributed by atoms with Crippen LogP contribution in [0.25, 0.3) is 22.1 Å². The first-order valence-electron chi connectivity index (χ1n) is 11.4. The third kappa shape index (κ3) is 5.03. The van der Waals surface area contributed by atoms with Crippen molar-refractivity contribution in [1.82, 2.24) is 29.4 Å². The van der Waals surface area contributed by atoms with Crippen LogP contribution in [-0.4, -0.2) is 44.8 Å². The Kier molecular flexibility index (Phi) is 7.28. The molecule has 0 atom stereocenters. The van der Waals surface area contributed by atoms with Crippen molar-refractivity contribution in [3.63, 3.8) is 0 Å². The van der Waals surface area contributed by atoms with E-state index in [0.717, 1.165) is 22.4 Å². The summed E-state index contributed by atoms with van der Waals surface area (Å²) in [7, 11) is 0. The summed E-state index contributed by atoms with van der Waals surface area (Å²) in [5.41, 5.74) is 1.28. The summed E-state index contributed by atoms with van der Waals surface area (Å²) in [5, 5.41) is 29.8. The van der Waals surface area contributed by atoms with Gasteiger partial charge in [-0.05, 0) is 18.4 Å². The Morgan fingerprint density at radius 3 is 1.92 bits per heavy atom. The minimum absolute atomic E-state index is 0.0202. The smallest absolute Gasteiger partial charge is 0.288 e. The molecule has 0 unspecified atom stereocenters. The van der Waals surface area contributed by atoms with Crippen LogP contribution in [0.3, 0.4) is 0 Å². The molecule has 3 N–H and O–H groups in total. The fourth-order valence-corrected chi connectivity index (χ4v) is 3.74. The zero-order valence-corrected chi connectivity index (χ0v) is 20.1. The molecule has 0 amide bonds. The van der Waals surface area contributed by atoms with Crippen molar-refractivity contribution in [2.75, 3.05) is 0 Å². The number of aromatic hydroxyl groups is 2. The lowest BCUT2D eigenvalue weighted by molar-refractivity contribution is 0.0975. The van der Waals surface area contributed by atoms with Crippen molar-refractivity contribution >= 4 is 22.1 Å². The molecule has 0 aliphatic rings. The lowest BCUT2D eigenvalue weighted by Crippen LogP contribution is -2.27. The Morgan fingerprint density at radius 1 is 0.784 bits per heavy atom. The number of hydrogen-bond donors (Lipinski definition) is 3. The molecular weight excluding hydrogens is 480 g/mol. The second-order valence-electron chi connectivity index (χ2n) is 7.85. The summed E-state index contributed by atoms with van der Waals surface area (Å²) < 4.78 is 1.50. The minimum atomic E-state index is -0.722. The van der Waals surface area contributed by atoms with E-state index in [-0.39, 0.29) is 29.4 Å². The number of aromatic nitrogens is 6. The lowest BCUT2D eigenvalue weighted by Gasteiger charge is -2.12. The number of rotatable bonds is 5. The van der Waals surface area contributed by atoms with Crippen LogP contribution in [0, 0.1) is 0 Å². The van der Waals surface area contributed by atoms with Crippen molar-refractivity contribution in [2.24, 2.45) is 0 Å². The summed E-state index contributed by atoms with van der Waals surface area (Å²) in [6, 6.07) is 11.6. The van der Waals surface area contributed by atoms with Gasteiger partial charge in [0.25, 0.3) is 11.1 Å². The number of pyridine rings is 2. The van der Waals surface area contributed by atoms with Gasteiger partial charge in [0.2, 0.25) is 0 Å². The summed E-state index contributed by atoms with van der Waals surface area (Å²) >= 11 is 0. The second kappa shape index (κ2) is 10.7. The first-order chi connectivity index (χ1) is 17.8. The fourth-order valence-electron chi connectivity index (χ4n) is 3.74. The maximum absolute atomic E-state index is 12.1. The highest BCUT2D eigenvalue weighted by Gasteiger charge is 2.15. The minimum Gasteiger partial charge on any atom is -0.507 e. The molecule has 0 saturated heterocycles. The molecular formula is C25H24N6O6. The topological polar surface area (TPSA) is 165 Å². The molecule has 0 fully saturated rings. The number of aryl methyl sites for hydroxylation is 2. The Morgan fingerprint density at radius 2 is 1.32 bits per heavy atom. The average Bonchev–Trinajstić information content (AvgIpc) is 2.91. The highest BCUT2D eigenvalue weighted by atomic mass is 16.7. The maximum Gasteiger partial charge on any atom is 0.288 e. The van der Waals surface area contributed by atoms with E-state index in [2.05, 4.69) is 19.9 Å². The molecule has 190 valence electrons. The standard InChI is InChI=1S/C16H15N3O3.C9H9N3O3/c1-2-12-15-13(20)8-14(21)19(16(15)18-10-17-12)22-9-11-6-4-3-5-7-11;1-2-5-8-6(13)3-7(14)12(15)9(8)11-4-10-5/h3-8,10,20H,2,9H2,1H3;3-4,13,15H,2H2,1H3. The average molecular weight is 505 g/mol. The van der Waals surface area contributed by atoms with Gasteiger partial charge in [0.05, 0.1) is 22.2 Å². The van der Waals surface area contributed by atoms with Gasteiger partial charge in [0, 0.05) is 12.1 Å². The molecule has 4 heterocycles. The van der Waals surface area contributed by atoms with E-state index < -0.39 is 11.1 Å². The Labute approximate surface area is 209 Å². The molecule has 0 radical (unpaired) electrons. The van der Waals surface area contributed by atoms with Crippen LogP contribution in [0.15, 0.2) is 64.7 Å². The second-order valence-corrected chi connectivity index (χ2v) is 7.85. The molecule has 1 aromatic carbocycles. The molecule has 0 saturated carbocycles. The summed E-state index contributed by atoms with van der Waals surface area (Å²) in [5.74, 6) is -0.338. The van der Waals surface area contributed by atoms with Gasteiger partial charge in [-0.2, -0.15) is 0 Å². The van der Waals surface area contributed by atoms with Crippen LogP contribution in [0.5, 0.6) is 11.5 Å². The third-order valence-corrected chi connectivity index (χ3v) is 5.52. The number of benzene rings is 1. The Bertz CT molecular complexity index is 1680. The largest absolute Gasteiger partial charge is 0.507 e. The molecule has 0 spiro atoms. The molecule has 37 heavy (non-hydrogen) atoms. The van der Waals surface area contributed by atoms with Crippen molar-refractivity contribution in [1.29, 1.82) is 0 Å². The van der Waals surface area contributed by atoms with Crippen LogP contribution in [0.4, 0.5) is 0 Å². The monoisotopic (exact) mass is 504 g/mol. The molecule has 5 aromatic rings. The van der Waals surface area contributed by atoms with Gasteiger partial charge < -0.3 is 20.3 Å². The predicted octanol–water partition coefficient (Wildman–Crippen LogP) is 1.99. The van der Waals surface area contributed by atoms with E-state index >= 15 is 0 Å². The quantitative estimate of drug-likeness (QED) is 0.301. The van der Waals surface area contributed by atoms with Crippen molar-refractivity contribution in [3.05, 3.63) is 92.8 Å². The number of nitrogens with zero attached hydrogens (tertiary/aromatic N) is 6. The van der Waals surface area contributed by atoms with E-state index in [0.29, 0.717) is 39.7 Å². The normalized spacial score (nSPS) is 10.8. The van der Waals surface area contributed by atoms with Crippen LogP contribution < -0.4 is 16.0 Å². The predicted molar refractivity (Wildman–Crippen MR) is 134 cm³/mol. The van der Waals surface area contributed by atoms with Gasteiger partial charge in [-0.3, -0.25) is 9.59 Å². The van der Waals surface area contributed by atoms with Crippen molar-refractivity contribution < 1.29 is 20.3 Å². The third-order valence-electron chi connectivity index (χ3n) is 5.52. The molecule has 0 aliphatic carbocycles. The van der Waals surface area contributed by atoms with Gasteiger partial charge >= 0.3 is 0 Å². The van der Waals surface area contributed by atoms with Gasteiger partial charge in [0.1, 0.15) is 30.8 Å².